The zero-order valence-electron chi connectivity index (χ0n) is 9.93. The van der Waals surface area contributed by atoms with Crippen LogP contribution in [-0.2, 0) is 0 Å². The fourth-order valence-electron chi connectivity index (χ4n) is 3.45. The van der Waals surface area contributed by atoms with E-state index in [0.29, 0.717) is 0 Å². The van der Waals surface area contributed by atoms with Crippen molar-refractivity contribution in [2.45, 2.75) is 63.8 Å². The summed E-state index contributed by atoms with van der Waals surface area (Å²) in [5.74, 6) is 0. The standard InChI is InChI=1S/C14H25N/c1-2-3-12-15-13-6-10-14(11-7-13)8-4-5-9-14/h2,13,15H,1,3-12H2. The smallest absolute Gasteiger partial charge is 0.00675 e. The van der Waals surface area contributed by atoms with Crippen LogP contribution in [0.4, 0.5) is 0 Å². The number of hydrogen-bond donors (Lipinski definition) is 1. The third kappa shape index (κ3) is 2.84. The Labute approximate surface area is 94.3 Å². The van der Waals surface area contributed by atoms with Gasteiger partial charge in [0.25, 0.3) is 0 Å². The molecular formula is C14H25N. The predicted molar refractivity (Wildman–Crippen MR) is 66.0 cm³/mol. The molecule has 1 nitrogen and oxygen atoms in total. The minimum absolute atomic E-state index is 0.788. The average molecular weight is 207 g/mol. The number of hydrogen-bond acceptors (Lipinski definition) is 1. The first-order valence-corrected chi connectivity index (χ1v) is 6.69. The third-order valence-corrected chi connectivity index (χ3v) is 4.49. The Morgan fingerprint density at radius 1 is 1.13 bits per heavy atom. The van der Waals surface area contributed by atoms with Gasteiger partial charge in [0.05, 0.1) is 0 Å². The second-order valence-electron chi connectivity index (χ2n) is 5.51. The fourth-order valence-corrected chi connectivity index (χ4v) is 3.45. The van der Waals surface area contributed by atoms with Gasteiger partial charge in [-0.05, 0) is 56.9 Å². The molecule has 0 aromatic carbocycles. The first-order valence-electron chi connectivity index (χ1n) is 6.69. The molecule has 15 heavy (non-hydrogen) atoms. The van der Waals surface area contributed by atoms with Gasteiger partial charge in [0, 0.05) is 6.04 Å². The summed E-state index contributed by atoms with van der Waals surface area (Å²) < 4.78 is 0. The van der Waals surface area contributed by atoms with E-state index < -0.39 is 0 Å². The normalized spacial score (nSPS) is 25.9. The predicted octanol–water partition coefficient (Wildman–Crippen LogP) is 3.66. The summed E-state index contributed by atoms with van der Waals surface area (Å²) in [6.07, 6.45) is 14.9. The Balaban J connectivity index is 1.69. The van der Waals surface area contributed by atoms with Gasteiger partial charge in [0.2, 0.25) is 0 Å². The molecule has 0 aliphatic heterocycles. The van der Waals surface area contributed by atoms with Gasteiger partial charge in [-0.3, -0.25) is 0 Å². The molecule has 2 aliphatic carbocycles. The highest BCUT2D eigenvalue weighted by Crippen LogP contribution is 2.48. The van der Waals surface area contributed by atoms with E-state index in [9.17, 15) is 0 Å². The lowest BCUT2D eigenvalue weighted by molar-refractivity contribution is 0.169. The van der Waals surface area contributed by atoms with Gasteiger partial charge in [0.1, 0.15) is 0 Å². The van der Waals surface area contributed by atoms with Crippen LogP contribution in [0.3, 0.4) is 0 Å². The summed E-state index contributed by atoms with van der Waals surface area (Å²) in [5, 5.41) is 3.66. The molecule has 86 valence electrons. The molecule has 0 saturated heterocycles. The quantitative estimate of drug-likeness (QED) is 0.548. The van der Waals surface area contributed by atoms with Gasteiger partial charge >= 0.3 is 0 Å². The molecule has 2 saturated carbocycles. The summed E-state index contributed by atoms with van der Waals surface area (Å²) >= 11 is 0. The van der Waals surface area contributed by atoms with Crippen LogP contribution >= 0.6 is 0 Å². The molecule has 1 spiro atoms. The van der Waals surface area contributed by atoms with E-state index in [0.717, 1.165) is 24.4 Å². The second kappa shape index (κ2) is 5.16. The summed E-state index contributed by atoms with van der Waals surface area (Å²) in [6.45, 7) is 4.89. The zero-order chi connectivity index (χ0) is 10.6. The molecule has 0 heterocycles. The second-order valence-corrected chi connectivity index (χ2v) is 5.51. The summed E-state index contributed by atoms with van der Waals surface area (Å²) in [4.78, 5) is 0. The van der Waals surface area contributed by atoms with Crippen LogP contribution in [0, 0.1) is 5.41 Å². The van der Waals surface area contributed by atoms with E-state index in [4.69, 9.17) is 0 Å². The van der Waals surface area contributed by atoms with E-state index >= 15 is 0 Å². The Morgan fingerprint density at radius 3 is 2.40 bits per heavy atom. The van der Waals surface area contributed by atoms with Crippen molar-refractivity contribution in [3.05, 3.63) is 12.7 Å². The van der Waals surface area contributed by atoms with Crippen LogP contribution in [0.2, 0.25) is 0 Å². The molecule has 2 aliphatic rings. The molecule has 2 rings (SSSR count). The lowest BCUT2D eigenvalue weighted by Gasteiger charge is -2.37. The first kappa shape index (κ1) is 11.2. The van der Waals surface area contributed by atoms with Gasteiger partial charge in [-0.2, -0.15) is 0 Å². The van der Waals surface area contributed by atoms with Crippen LogP contribution in [0.15, 0.2) is 12.7 Å². The highest BCUT2D eigenvalue weighted by molar-refractivity contribution is 4.91. The molecule has 1 N–H and O–H groups in total. The van der Waals surface area contributed by atoms with Crippen molar-refractivity contribution in [2.24, 2.45) is 5.41 Å². The number of rotatable bonds is 4. The molecular weight excluding hydrogens is 182 g/mol. The van der Waals surface area contributed by atoms with Gasteiger partial charge in [-0.15, -0.1) is 6.58 Å². The number of nitrogens with one attached hydrogen (secondary N) is 1. The first-order chi connectivity index (χ1) is 7.35. The third-order valence-electron chi connectivity index (χ3n) is 4.49. The molecule has 0 aromatic rings. The SMILES string of the molecule is C=CCCNC1CCC2(CCCC2)CC1. The van der Waals surface area contributed by atoms with Crippen LogP contribution in [0.25, 0.3) is 0 Å². The maximum absolute atomic E-state index is 3.76. The summed E-state index contributed by atoms with van der Waals surface area (Å²) in [5.41, 5.74) is 0.788. The highest BCUT2D eigenvalue weighted by atomic mass is 14.9. The molecule has 0 amide bonds. The van der Waals surface area contributed by atoms with E-state index in [2.05, 4.69) is 11.9 Å². The van der Waals surface area contributed by atoms with Crippen LogP contribution in [0.5, 0.6) is 0 Å². The van der Waals surface area contributed by atoms with Crippen molar-refractivity contribution in [1.29, 1.82) is 0 Å². The van der Waals surface area contributed by atoms with Gasteiger partial charge in [0.15, 0.2) is 0 Å². The molecule has 0 unspecified atom stereocenters. The highest BCUT2D eigenvalue weighted by Gasteiger charge is 2.37. The van der Waals surface area contributed by atoms with E-state index in [1.165, 1.54) is 51.4 Å². The maximum atomic E-state index is 3.76. The average Bonchev–Trinajstić information content (AvgIpc) is 2.71. The molecule has 0 aromatic heterocycles. The van der Waals surface area contributed by atoms with Gasteiger partial charge in [-0.25, -0.2) is 0 Å². The fraction of sp³-hybridized carbons (Fsp3) is 0.857. The topological polar surface area (TPSA) is 12.0 Å². The van der Waals surface area contributed by atoms with Gasteiger partial charge in [-0.1, -0.05) is 18.9 Å². The van der Waals surface area contributed by atoms with Crippen LogP contribution < -0.4 is 5.32 Å². The molecule has 0 radical (unpaired) electrons. The molecule has 0 bridgehead atoms. The van der Waals surface area contributed by atoms with Crippen molar-refractivity contribution < 1.29 is 0 Å². The van der Waals surface area contributed by atoms with Crippen molar-refractivity contribution in [3.8, 4) is 0 Å². The molecule has 0 atom stereocenters. The largest absolute Gasteiger partial charge is 0.314 e. The van der Waals surface area contributed by atoms with Crippen molar-refractivity contribution in [3.63, 3.8) is 0 Å². The van der Waals surface area contributed by atoms with Crippen LogP contribution in [-0.4, -0.2) is 12.6 Å². The molecule has 2 fully saturated rings. The van der Waals surface area contributed by atoms with Crippen molar-refractivity contribution >= 4 is 0 Å². The Kier molecular flexibility index (Phi) is 3.85. The Morgan fingerprint density at radius 2 is 1.80 bits per heavy atom. The van der Waals surface area contributed by atoms with E-state index in [-0.39, 0.29) is 0 Å². The Hall–Kier alpha value is -0.300. The minimum Gasteiger partial charge on any atom is -0.314 e. The Bertz CT molecular complexity index is 193. The minimum atomic E-state index is 0.788. The van der Waals surface area contributed by atoms with Crippen molar-refractivity contribution in [2.75, 3.05) is 6.54 Å². The summed E-state index contributed by atoms with van der Waals surface area (Å²) in [6, 6.07) is 0.802. The monoisotopic (exact) mass is 207 g/mol. The van der Waals surface area contributed by atoms with Crippen molar-refractivity contribution in [1.82, 2.24) is 5.32 Å². The van der Waals surface area contributed by atoms with Crippen LogP contribution in [0.1, 0.15) is 57.8 Å². The summed E-state index contributed by atoms with van der Waals surface area (Å²) in [7, 11) is 0. The lowest BCUT2D eigenvalue weighted by atomic mass is 9.71. The maximum Gasteiger partial charge on any atom is 0.00675 e. The van der Waals surface area contributed by atoms with E-state index in [1.54, 1.807) is 0 Å². The zero-order valence-corrected chi connectivity index (χ0v) is 9.93. The molecule has 1 heteroatoms. The lowest BCUT2D eigenvalue weighted by Crippen LogP contribution is -2.37. The van der Waals surface area contributed by atoms with Gasteiger partial charge < -0.3 is 5.32 Å². The van der Waals surface area contributed by atoms with E-state index in [1.807, 2.05) is 6.08 Å².